The molecule has 0 spiro atoms. The molecule has 0 saturated carbocycles. The zero-order valence-electron chi connectivity index (χ0n) is 12.5. The van der Waals surface area contributed by atoms with Crippen LogP contribution >= 0.6 is 0 Å². The molecule has 0 unspecified atom stereocenters. The Balaban J connectivity index is 1.76. The quantitative estimate of drug-likeness (QED) is 0.768. The number of aromatic nitrogens is 2. The molecule has 0 atom stereocenters. The lowest BCUT2D eigenvalue weighted by atomic mass is 10.1. The number of hydrogen-bond donors (Lipinski definition) is 1. The molecule has 1 aromatic carbocycles. The normalized spacial score (nSPS) is 11.0. The van der Waals surface area contributed by atoms with Gasteiger partial charge in [0.1, 0.15) is 5.75 Å². The lowest BCUT2D eigenvalue weighted by Gasteiger charge is -2.11. The van der Waals surface area contributed by atoms with Gasteiger partial charge < -0.3 is 10.1 Å². The van der Waals surface area contributed by atoms with Crippen molar-refractivity contribution in [2.24, 2.45) is 0 Å². The predicted octanol–water partition coefficient (Wildman–Crippen LogP) is 4.15. The summed E-state index contributed by atoms with van der Waals surface area (Å²) in [6, 6.07) is 13.0. The number of alkyl halides is 2. The highest BCUT2D eigenvalue weighted by atomic mass is 19.3. The monoisotopic (exact) mass is 315 g/mol. The predicted molar refractivity (Wildman–Crippen MR) is 84.7 cm³/mol. The fraction of sp³-hybridized carbons (Fsp3) is 0.176. The van der Waals surface area contributed by atoms with Crippen molar-refractivity contribution in [3.8, 4) is 5.75 Å². The van der Waals surface area contributed by atoms with Gasteiger partial charge in [-0.05, 0) is 31.2 Å². The van der Waals surface area contributed by atoms with Gasteiger partial charge in [-0.2, -0.15) is 8.78 Å². The summed E-state index contributed by atoms with van der Waals surface area (Å²) in [7, 11) is 0. The maximum Gasteiger partial charge on any atom is 0.387 e. The Kier molecular flexibility index (Phi) is 4.32. The van der Waals surface area contributed by atoms with E-state index in [1.165, 1.54) is 12.3 Å². The van der Waals surface area contributed by atoms with E-state index in [1.54, 1.807) is 6.07 Å². The first-order chi connectivity index (χ1) is 11.1. The van der Waals surface area contributed by atoms with Gasteiger partial charge in [0.05, 0.1) is 24.0 Å². The molecule has 118 valence electrons. The van der Waals surface area contributed by atoms with E-state index in [0.29, 0.717) is 6.54 Å². The van der Waals surface area contributed by atoms with Crippen LogP contribution in [0.3, 0.4) is 0 Å². The van der Waals surface area contributed by atoms with Crippen molar-refractivity contribution in [3.05, 3.63) is 60.0 Å². The highest BCUT2D eigenvalue weighted by Gasteiger charge is 2.06. The number of nitrogens with zero attached hydrogens (tertiary/aromatic N) is 2. The van der Waals surface area contributed by atoms with Crippen molar-refractivity contribution in [1.82, 2.24) is 9.97 Å². The largest absolute Gasteiger partial charge is 0.433 e. The molecule has 0 fully saturated rings. The average Bonchev–Trinajstić information content (AvgIpc) is 2.53. The van der Waals surface area contributed by atoms with E-state index in [0.717, 1.165) is 28.0 Å². The molecule has 0 saturated heterocycles. The number of rotatable bonds is 5. The van der Waals surface area contributed by atoms with Gasteiger partial charge in [-0.1, -0.05) is 18.2 Å². The number of nitrogens with one attached hydrogen (secondary N) is 1. The summed E-state index contributed by atoms with van der Waals surface area (Å²) in [5.41, 5.74) is 3.52. The van der Waals surface area contributed by atoms with Crippen LogP contribution in [0.1, 0.15) is 11.4 Å². The number of aryl methyl sites for hydroxylation is 1. The number of ether oxygens (including phenoxy) is 1. The lowest BCUT2D eigenvalue weighted by molar-refractivity contribution is -0.0500. The third kappa shape index (κ3) is 3.71. The zero-order chi connectivity index (χ0) is 16.2. The lowest BCUT2D eigenvalue weighted by Crippen LogP contribution is -2.05. The topological polar surface area (TPSA) is 47.0 Å². The summed E-state index contributed by atoms with van der Waals surface area (Å²) in [4.78, 5) is 8.60. The number of anilines is 1. The molecular formula is C17H15F2N3O. The van der Waals surface area contributed by atoms with Gasteiger partial charge in [-0.3, -0.25) is 9.97 Å². The maximum atomic E-state index is 12.1. The minimum Gasteiger partial charge on any atom is -0.433 e. The maximum absolute atomic E-state index is 12.1. The summed E-state index contributed by atoms with van der Waals surface area (Å²) >= 11 is 0. The molecule has 0 aliphatic heterocycles. The van der Waals surface area contributed by atoms with Crippen LogP contribution in [0.2, 0.25) is 0 Å². The van der Waals surface area contributed by atoms with E-state index in [2.05, 4.69) is 20.0 Å². The average molecular weight is 315 g/mol. The Morgan fingerprint density at radius 1 is 1.17 bits per heavy atom. The van der Waals surface area contributed by atoms with Crippen LogP contribution in [-0.2, 0) is 6.54 Å². The van der Waals surface area contributed by atoms with E-state index in [-0.39, 0.29) is 5.75 Å². The highest BCUT2D eigenvalue weighted by molar-refractivity contribution is 5.91. The second-order valence-electron chi connectivity index (χ2n) is 5.05. The van der Waals surface area contributed by atoms with Crippen LogP contribution in [0.25, 0.3) is 10.9 Å². The van der Waals surface area contributed by atoms with Gasteiger partial charge >= 0.3 is 6.61 Å². The zero-order valence-corrected chi connectivity index (χ0v) is 12.5. The number of fused-ring (bicyclic) bond motifs is 1. The molecule has 4 nitrogen and oxygen atoms in total. The van der Waals surface area contributed by atoms with Gasteiger partial charge in [0.2, 0.25) is 0 Å². The van der Waals surface area contributed by atoms with Crippen LogP contribution in [0.15, 0.2) is 48.7 Å². The van der Waals surface area contributed by atoms with Gasteiger partial charge in [0, 0.05) is 16.8 Å². The first-order valence-corrected chi connectivity index (χ1v) is 7.12. The van der Waals surface area contributed by atoms with E-state index in [1.807, 2.05) is 37.3 Å². The Morgan fingerprint density at radius 3 is 2.74 bits per heavy atom. The Labute approximate surface area is 132 Å². The van der Waals surface area contributed by atoms with Crippen LogP contribution in [-0.4, -0.2) is 16.6 Å². The molecule has 3 rings (SSSR count). The molecule has 2 heterocycles. The molecule has 0 radical (unpaired) electrons. The molecule has 6 heteroatoms. The third-order valence-electron chi connectivity index (χ3n) is 3.33. The number of benzene rings is 1. The summed E-state index contributed by atoms with van der Waals surface area (Å²) in [5, 5.41) is 4.34. The molecule has 0 amide bonds. The van der Waals surface area contributed by atoms with Crippen molar-refractivity contribution in [2.45, 2.75) is 20.1 Å². The molecule has 2 aromatic heterocycles. The molecule has 0 aliphatic carbocycles. The summed E-state index contributed by atoms with van der Waals surface area (Å²) in [6.45, 7) is -0.429. The van der Waals surface area contributed by atoms with Crippen LogP contribution in [0, 0.1) is 6.92 Å². The van der Waals surface area contributed by atoms with Crippen molar-refractivity contribution in [3.63, 3.8) is 0 Å². The van der Waals surface area contributed by atoms with Crippen molar-refractivity contribution in [2.75, 3.05) is 5.32 Å². The van der Waals surface area contributed by atoms with Gasteiger partial charge in [-0.25, -0.2) is 0 Å². The first-order valence-electron chi connectivity index (χ1n) is 7.12. The van der Waals surface area contributed by atoms with Crippen LogP contribution in [0.4, 0.5) is 14.5 Å². The van der Waals surface area contributed by atoms with Crippen LogP contribution < -0.4 is 10.1 Å². The van der Waals surface area contributed by atoms with E-state index in [4.69, 9.17) is 0 Å². The van der Waals surface area contributed by atoms with Crippen molar-refractivity contribution < 1.29 is 13.5 Å². The van der Waals surface area contributed by atoms with Crippen LogP contribution in [0.5, 0.6) is 5.75 Å². The molecule has 0 aliphatic rings. The molecular weight excluding hydrogens is 300 g/mol. The second kappa shape index (κ2) is 6.56. The van der Waals surface area contributed by atoms with Crippen molar-refractivity contribution in [1.29, 1.82) is 0 Å². The highest BCUT2D eigenvalue weighted by Crippen LogP contribution is 2.23. The van der Waals surface area contributed by atoms with E-state index >= 15 is 0 Å². The van der Waals surface area contributed by atoms with E-state index < -0.39 is 6.61 Å². The van der Waals surface area contributed by atoms with Gasteiger partial charge in [-0.15, -0.1) is 0 Å². The SMILES string of the molecule is Cc1cc(NCc2ccc(OC(F)F)cn2)c2ccccc2n1. The summed E-state index contributed by atoms with van der Waals surface area (Å²) < 4.78 is 28.5. The summed E-state index contributed by atoms with van der Waals surface area (Å²) in [5.74, 6) is 0.0500. The Morgan fingerprint density at radius 2 is 2.00 bits per heavy atom. The fourth-order valence-corrected chi connectivity index (χ4v) is 2.33. The smallest absolute Gasteiger partial charge is 0.387 e. The van der Waals surface area contributed by atoms with Gasteiger partial charge in [0.25, 0.3) is 0 Å². The molecule has 3 aromatic rings. The molecule has 1 N–H and O–H groups in total. The Bertz CT molecular complexity index is 807. The number of hydrogen-bond acceptors (Lipinski definition) is 4. The Hall–Kier alpha value is -2.76. The van der Waals surface area contributed by atoms with E-state index in [9.17, 15) is 8.78 Å². The minimum atomic E-state index is -2.84. The summed E-state index contributed by atoms with van der Waals surface area (Å²) in [6.07, 6.45) is 1.29. The number of para-hydroxylation sites is 1. The van der Waals surface area contributed by atoms with Gasteiger partial charge in [0.15, 0.2) is 0 Å². The minimum absolute atomic E-state index is 0.0500. The number of halogens is 2. The van der Waals surface area contributed by atoms with Crippen molar-refractivity contribution >= 4 is 16.6 Å². The second-order valence-corrected chi connectivity index (χ2v) is 5.05. The fourth-order valence-electron chi connectivity index (χ4n) is 2.33. The first kappa shape index (κ1) is 15.1. The molecule has 0 bridgehead atoms. The standard InChI is InChI=1S/C17H15F2N3O/c1-11-8-16(14-4-2-3-5-15(14)22-11)21-9-12-6-7-13(10-20-12)23-17(18)19/h2-8,10,17H,9H2,1H3,(H,21,22). The number of pyridine rings is 2. The molecule has 23 heavy (non-hydrogen) atoms. The third-order valence-corrected chi connectivity index (χ3v) is 3.33.